The van der Waals surface area contributed by atoms with E-state index in [9.17, 15) is 4.79 Å². The van der Waals surface area contributed by atoms with Crippen LogP contribution in [0.5, 0.6) is 17.2 Å². The van der Waals surface area contributed by atoms with Crippen molar-refractivity contribution in [3.63, 3.8) is 0 Å². The highest BCUT2D eigenvalue weighted by molar-refractivity contribution is 7.22. The van der Waals surface area contributed by atoms with Gasteiger partial charge in [0.05, 0.1) is 23.9 Å². The molecule has 0 aliphatic heterocycles. The first-order valence-electron chi connectivity index (χ1n) is 7.86. The number of nitrogens with zero attached hydrogens (tertiary/aromatic N) is 1. The van der Waals surface area contributed by atoms with Crippen molar-refractivity contribution >= 4 is 55.8 Å². The van der Waals surface area contributed by atoms with Gasteiger partial charge in [-0.1, -0.05) is 34.5 Å². The molecule has 0 bridgehead atoms. The van der Waals surface area contributed by atoms with Gasteiger partial charge in [0.2, 0.25) is 0 Å². The molecule has 1 unspecified atom stereocenters. The van der Waals surface area contributed by atoms with E-state index >= 15 is 0 Å². The van der Waals surface area contributed by atoms with Crippen LogP contribution in [0.2, 0.25) is 10.0 Å². The highest BCUT2D eigenvalue weighted by Gasteiger charge is 2.19. The van der Waals surface area contributed by atoms with Crippen molar-refractivity contribution in [2.75, 3.05) is 19.5 Å². The zero-order valence-corrected chi connectivity index (χ0v) is 17.0. The minimum Gasteiger partial charge on any atom is -0.497 e. The summed E-state index contributed by atoms with van der Waals surface area (Å²) in [7, 11) is 3.13. The Balaban J connectivity index is 1.76. The number of nitrogens with one attached hydrogen (secondary N) is 1. The van der Waals surface area contributed by atoms with Gasteiger partial charge in [-0.2, -0.15) is 0 Å². The first-order chi connectivity index (χ1) is 12.9. The Labute approximate surface area is 170 Å². The number of methoxy groups -OCH3 is 2. The number of hydrogen-bond acceptors (Lipinski definition) is 6. The fourth-order valence-electron chi connectivity index (χ4n) is 2.32. The number of benzene rings is 2. The van der Waals surface area contributed by atoms with Crippen LogP contribution in [-0.4, -0.2) is 31.2 Å². The van der Waals surface area contributed by atoms with Crippen LogP contribution in [0.15, 0.2) is 30.3 Å². The fraction of sp³-hybridized carbons (Fsp3) is 0.222. The van der Waals surface area contributed by atoms with Crippen LogP contribution in [-0.2, 0) is 4.79 Å². The molecule has 0 aliphatic carbocycles. The molecular weight excluding hydrogens is 411 g/mol. The second-order valence-electron chi connectivity index (χ2n) is 5.52. The van der Waals surface area contributed by atoms with E-state index < -0.39 is 6.10 Å². The summed E-state index contributed by atoms with van der Waals surface area (Å²) in [4.78, 5) is 16.9. The van der Waals surface area contributed by atoms with Crippen LogP contribution in [0.25, 0.3) is 10.2 Å². The van der Waals surface area contributed by atoms with Gasteiger partial charge in [0, 0.05) is 11.1 Å². The minimum atomic E-state index is -0.785. The van der Waals surface area contributed by atoms with E-state index in [1.54, 1.807) is 45.4 Å². The Kier molecular flexibility index (Phi) is 5.94. The Morgan fingerprint density at radius 2 is 1.93 bits per heavy atom. The summed E-state index contributed by atoms with van der Waals surface area (Å²) in [6, 6.07) is 8.38. The topological polar surface area (TPSA) is 69.7 Å². The zero-order valence-electron chi connectivity index (χ0n) is 14.7. The van der Waals surface area contributed by atoms with Gasteiger partial charge in [-0.3, -0.25) is 10.1 Å². The van der Waals surface area contributed by atoms with Gasteiger partial charge < -0.3 is 14.2 Å². The Morgan fingerprint density at radius 1 is 1.15 bits per heavy atom. The predicted octanol–water partition coefficient (Wildman–Crippen LogP) is 5.03. The number of thiazole rings is 1. The van der Waals surface area contributed by atoms with Gasteiger partial charge in [0.1, 0.15) is 22.8 Å². The smallest absolute Gasteiger partial charge is 0.266 e. The van der Waals surface area contributed by atoms with Crippen LogP contribution in [0, 0.1) is 0 Å². The molecule has 1 N–H and O–H groups in total. The first kappa shape index (κ1) is 19.5. The van der Waals surface area contributed by atoms with Crippen LogP contribution in [0.4, 0.5) is 5.13 Å². The third kappa shape index (κ3) is 4.37. The molecule has 1 amide bonds. The van der Waals surface area contributed by atoms with Crippen LogP contribution in [0.1, 0.15) is 6.92 Å². The molecule has 0 spiro atoms. The highest BCUT2D eigenvalue weighted by atomic mass is 35.5. The van der Waals surface area contributed by atoms with Gasteiger partial charge in [-0.15, -0.1) is 0 Å². The van der Waals surface area contributed by atoms with Gasteiger partial charge in [-0.25, -0.2) is 4.98 Å². The molecule has 2 aromatic carbocycles. The summed E-state index contributed by atoms with van der Waals surface area (Å²) in [6.07, 6.45) is -0.785. The molecule has 9 heteroatoms. The number of anilines is 1. The monoisotopic (exact) mass is 426 g/mol. The highest BCUT2D eigenvalue weighted by Crippen LogP contribution is 2.36. The number of amides is 1. The second kappa shape index (κ2) is 8.21. The lowest BCUT2D eigenvalue weighted by atomic mass is 10.3. The van der Waals surface area contributed by atoms with Crippen molar-refractivity contribution in [2.45, 2.75) is 13.0 Å². The standard InChI is InChI=1S/C18H16Cl2N2O4S/c1-9(26-13-5-4-10(19)6-12(13)20)17(23)22-18-21-16-14(25-3)7-11(24-2)8-15(16)27-18/h4-9H,1-3H3,(H,21,22,23). The number of hydrogen-bond donors (Lipinski definition) is 1. The van der Waals surface area contributed by atoms with Gasteiger partial charge in [0.25, 0.3) is 5.91 Å². The molecule has 3 rings (SSSR count). The molecule has 0 fully saturated rings. The lowest BCUT2D eigenvalue weighted by molar-refractivity contribution is -0.122. The normalized spacial score (nSPS) is 11.9. The lowest BCUT2D eigenvalue weighted by Gasteiger charge is -2.14. The summed E-state index contributed by atoms with van der Waals surface area (Å²) in [6.45, 7) is 1.62. The lowest BCUT2D eigenvalue weighted by Crippen LogP contribution is -2.30. The third-order valence-corrected chi connectivity index (χ3v) is 5.13. The molecule has 0 aliphatic rings. The quantitative estimate of drug-likeness (QED) is 0.598. The average Bonchev–Trinajstić information content (AvgIpc) is 3.05. The van der Waals surface area contributed by atoms with E-state index in [1.165, 1.54) is 11.3 Å². The van der Waals surface area contributed by atoms with Crippen molar-refractivity contribution in [3.05, 3.63) is 40.4 Å². The number of carbonyl (C=O) groups is 1. The molecule has 1 aromatic heterocycles. The maximum Gasteiger partial charge on any atom is 0.266 e. The number of rotatable bonds is 6. The summed E-state index contributed by atoms with van der Waals surface area (Å²) in [5, 5.41) is 4.00. The number of ether oxygens (including phenoxy) is 3. The van der Waals surface area contributed by atoms with E-state index in [0.29, 0.717) is 37.9 Å². The molecule has 0 radical (unpaired) electrons. The Hall–Kier alpha value is -2.22. The van der Waals surface area contributed by atoms with E-state index in [2.05, 4.69) is 10.3 Å². The van der Waals surface area contributed by atoms with E-state index in [0.717, 1.165) is 4.70 Å². The predicted molar refractivity (Wildman–Crippen MR) is 108 cm³/mol. The van der Waals surface area contributed by atoms with Crippen molar-refractivity contribution < 1.29 is 19.0 Å². The molecule has 142 valence electrons. The van der Waals surface area contributed by atoms with Gasteiger partial charge >= 0.3 is 0 Å². The number of aromatic nitrogens is 1. The molecule has 6 nitrogen and oxygen atoms in total. The minimum absolute atomic E-state index is 0.332. The van der Waals surface area contributed by atoms with Gasteiger partial charge in [-0.05, 0) is 31.2 Å². The molecule has 0 saturated carbocycles. The van der Waals surface area contributed by atoms with Crippen molar-refractivity contribution in [1.29, 1.82) is 0 Å². The number of fused-ring (bicyclic) bond motifs is 1. The zero-order chi connectivity index (χ0) is 19.6. The number of halogens is 2. The van der Waals surface area contributed by atoms with E-state index in [1.807, 2.05) is 6.07 Å². The van der Waals surface area contributed by atoms with E-state index in [4.69, 9.17) is 37.4 Å². The average molecular weight is 427 g/mol. The maximum atomic E-state index is 12.5. The largest absolute Gasteiger partial charge is 0.497 e. The van der Waals surface area contributed by atoms with Crippen LogP contribution in [0.3, 0.4) is 0 Å². The number of carbonyl (C=O) groups excluding carboxylic acids is 1. The fourth-order valence-corrected chi connectivity index (χ4v) is 3.69. The summed E-state index contributed by atoms with van der Waals surface area (Å²) < 4.78 is 17.0. The molecular formula is C18H16Cl2N2O4S. The SMILES string of the molecule is COc1cc(OC)c2nc(NC(=O)C(C)Oc3ccc(Cl)cc3Cl)sc2c1. The molecule has 3 aromatic rings. The molecule has 0 saturated heterocycles. The molecule has 1 heterocycles. The Morgan fingerprint density at radius 3 is 2.59 bits per heavy atom. The van der Waals surface area contributed by atoms with Crippen molar-refractivity contribution in [1.82, 2.24) is 4.98 Å². The first-order valence-corrected chi connectivity index (χ1v) is 9.43. The van der Waals surface area contributed by atoms with Gasteiger partial charge in [0.15, 0.2) is 11.2 Å². The summed E-state index contributed by atoms with van der Waals surface area (Å²) in [5.41, 5.74) is 0.646. The second-order valence-corrected chi connectivity index (χ2v) is 7.39. The molecule has 27 heavy (non-hydrogen) atoms. The van der Waals surface area contributed by atoms with E-state index in [-0.39, 0.29) is 5.91 Å². The van der Waals surface area contributed by atoms with Crippen molar-refractivity contribution in [3.8, 4) is 17.2 Å². The van der Waals surface area contributed by atoms with Crippen LogP contribution >= 0.6 is 34.5 Å². The van der Waals surface area contributed by atoms with Crippen molar-refractivity contribution in [2.24, 2.45) is 0 Å². The summed E-state index contributed by atoms with van der Waals surface area (Å²) in [5.74, 6) is 1.23. The Bertz CT molecular complexity index is 993. The van der Waals surface area contributed by atoms with Crippen LogP contribution < -0.4 is 19.5 Å². The third-order valence-electron chi connectivity index (χ3n) is 3.69. The maximum absolute atomic E-state index is 12.5. The molecule has 1 atom stereocenters. The summed E-state index contributed by atoms with van der Waals surface area (Å²) >= 11 is 13.3.